The first-order valence-corrected chi connectivity index (χ1v) is 8.88. The van der Waals surface area contributed by atoms with E-state index in [-0.39, 0.29) is 5.91 Å². The van der Waals surface area contributed by atoms with Gasteiger partial charge in [-0.1, -0.05) is 23.5 Å². The Balaban J connectivity index is 1.74. The Kier molecular flexibility index (Phi) is 5.27. The van der Waals surface area contributed by atoms with Gasteiger partial charge in [0, 0.05) is 12.1 Å². The van der Waals surface area contributed by atoms with Crippen LogP contribution in [0.2, 0.25) is 0 Å². The molecule has 0 aliphatic rings. The number of benzene rings is 2. The average molecular weight is 372 g/mol. The molecule has 1 atom stereocenters. The quantitative estimate of drug-likeness (QED) is 0.707. The molecule has 0 saturated heterocycles. The van der Waals surface area contributed by atoms with Gasteiger partial charge in [0.25, 0.3) is 5.91 Å². The van der Waals surface area contributed by atoms with Gasteiger partial charge in [0.1, 0.15) is 5.75 Å². The monoisotopic (exact) mass is 372 g/mol. The number of aromatic nitrogens is 1. The molecule has 0 spiro atoms. The van der Waals surface area contributed by atoms with Gasteiger partial charge in [0.05, 0.1) is 24.4 Å². The van der Waals surface area contributed by atoms with Crippen LogP contribution in [-0.4, -0.2) is 31.2 Å². The number of carbonyl (C=O) groups excluding carboxylic acids is 1. The van der Waals surface area contributed by atoms with Crippen LogP contribution in [0.1, 0.15) is 12.5 Å². The molecule has 26 heavy (non-hydrogen) atoms. The van der Waals surface area contributed by atoms with Crippen molar-refractivity contribution in [2.75, 3.05) is 19.5 Å². The van der Waals surface area contributed by atoms with Crippen molar-refractivity contribution in [1.82, 2.24) is 4.98 Å². The number of amides is 1. The fourth-order valence-electron chi connectivity index (χ4n) is 2.46. The number of fused-ring (bicyclic) bond motifs is 1. The first kappa shape index (κ1) is 18.0. The zero-order chi connectivity index (χ0) is 18.7. The number of rotatable bonds is 6. The average Bonchev–Trinajstić information content (AvgIpc) is 3.01. The Morgan fingerprint density at radius 1 is 1.15 bits per heavy atom. The molecule has 1 heterocycles. The van der Waals surface area contributed by atoms with Crippen LogP contribution in [0.25, 0.3) is 10.2 Å². The van der Waals surface area contributed by atoms with E-state index < -0.39 is 6.10 Å². The third kappa shape index (κ3) is 3.88. The highest BCUT2D eigenvalue weighted by atomic mass is 32.1. The molecule has 0 radical (unpaired) electrons. The minimum absolute atomic E-state index is 0.260. The lowest BCUT2D eigenvalue weighted by Gasteiger charge is -2.13. The maximum atomic E-state index is 12.4. The Morgan fingerprint density at radius 3 is 2.58 bits per heavy atom. The number of carbonyl (C=O) groups is 1. The van der Waals surface area contributed by atoms with Gasteiger partial charge in [0.15, 0.2) is 22.7 Å². The second-order valence-electron chi connectivity index (χ2n) is 5.76. The van der Waals surface area contributed by atoms with Crippen LogP contribution in [0.4, 0.5) is 5.13 Å². The molecule has 3 aromatic rings. The van der Waals surface area contributed by atoms with E-state index in [2.05, 4.69) is 10.3 Å². The molecule has 0 fully saturated rings. The zero-order valence-corrected chi connectivity index (χ0v) is 15.8. The Hall–Kier alpha value is -2.80. The van der Waals surface area contributed by atoms with Gasteiger partial charge >= 0.3 is 0 Å². The molecule has 7 heteroatoms. The smallest absolute Gasteiger partial charge is 0.266 e. The number of hydrogen-bond acceptors (Lipinski definition) is 6. The van der Waals surface area contributed by atoms with Gasteiger partial charge in [-0.05, 0) is 31.5 Å². The third-order valence-corrected chi connectivity index (χ3v) is 4.73. The van der Waals surface area contributed by atoms with Gasteiger partial charge < -0.3 is 14.2 Å². The van der Waals surface area contributed by atoms with Crippen molar-refractivity contribution >= 4 is 32.6 Å². The number of thiazole rings is 1. The molecule has 1 amide bonds. The Morgan fingerprint density at radius 2 is 1.88 bits per heavy atom. The van der Waals surface area contributed by atoms with Crippen LogP contribution in [-0.2, 0) is 4.79 Å². The summed E-state index contributed by atoms with van der Waals surface area (Å²) in [6.07, 6.45) is -0.645. The predicted octanol–water partition coefficient (Wildman–Crippen LogP) is 4.03. The molecule has 0 aliphatic heterocycles. The number of nitrogens with one attached hydrogen (secondary N) is 1. The first-order chi connectivity index (χ1) is 12.5. The summed E-state index contributed by atoms with van der Waals surface area (Å²) < 4.78 is 17.2. The summed E-state index contributed by atoms with van der Waals surface area (Å²) in [6, 6.07) is 11.2. The van der Waals surface area contributed by atoms with E-state index in [0.717, 1.165) is 15.8 Å². The molecular weight excluding hydrogens is 352 g/mol. The lowest BCUT2D eigenvalue weighted by molar-refractivity contribution is -0.122. The molecule has 2 aromatic carbocycles. The fraction of sp³-hybridized carbons (Fsp3) is 0.263. The molecular formula is C19H20N2O4S. The first-order valence-electron chi connectivity index (χ1n) is 8.07. The van der Waals surface area contributed by atoms with E-state index in [4.69, 9.17) is 14.2 Å². The molecule has 1 unspecified atom stereocenters. The minimum Gasteiger partial charge on any atom is -0.493 e. The molecule has 1 N–H and O–H groups in total. The van der Waals surface area contributed by atoms with E-state index in [9.17, 15) is 4.79 Å². The maximum absolute atomic E-state index is 12.4. The topological polar surface area (TPSA) is 69.7 Å². The van der Waals surface area contributed by atoms with Gasteiger partial charge in [-0.15, -0.1) is 0 Å². The Labute approximate surface area is 155 Å². The summed E-state index contributed by atoms with van der Waals surface area (Å²) in [4.78, 5) is 16.8. The second-order valence-corrected chi connectivity index (χ2v) is 6.79. The summed E-state index contributed by atoms with van der Waals surface area (Å²) in [5.41, 5.74) is 1.80. The highest BCUT2D eigenvalue weighted by Gasteiger charge is 2.18. The standard InChI is InChI=1S/C19H20N2O4S/c1-11-6-5-7-13(8-11)25-12(2)18(22)21-19-20-14-9-15(23-3)16(24-4)10-17(14)26-19/h5-10,12H,1-4H3,(H,20,21,22). The predicted molar refractivity (Wildman–Crippen MR) is 103 cm³/mol. The van der Waals surface area contributed by atoms with E-state index in [1.807, 2.05) is 37.3 Å². The van der Waals surface area contributed by atoms with Gasteiger partial charge in [-0.25, -0.2) is 4.98 Å². The number of methoxy groups -OCH3 is 2. The van der Waals surface area contributed by atoms with Crippen molar-refractivity contribution in [3.63, 3.8) is 0 Å². The number of aryl methyl sites for hydroxylation is 1. The van der Waals surface area contributed by atoms with Crippen molar-refractivity contribution in [3.8, 4) is 17.2 Å². The molecule has 0 saturated carbocycles. The van der Waals surface area contributed by atoms with Crippen molar-refractivity contribution in [2.24, 2.45) is 0 Å². The van der Waals surface area contributed by atoms with Gasteiger partial charge in [0.2, 0.25) is 0 Å². The van der Waals surface area contributed by atoms with Crippen molar-refractivity contribution in [1.29, 1.82) is 0 Å². The maximum Gasteiger partial charge on any atom is 0.266 e. The largest absolute Gasteiger partial charge is 0.493 e. The summed E-state index contributed by atoms with van der Waals surface area (Å²) in [6.45, 7) is 3.68. The van der Waals surface area contributed by atoms with Crippen molar-refractivity contribution in [2.45, 2.75) is 20.0 Å². The van der Waals surface area contributed by atoms with Crippen LogP contribution in [0, 0.1) is 6.92 Å². The third-order valence-electron chi connectivity index (χ3n) is 3.80. The number of nitrogens with zero attached hydrogens (tertiary/aromatic N) is 1. The molecule has 1 aromatic heterocycles. The van der Waals surface area contributed by atoms with Crippen LogP contribution in [0.5, 0.6) is 17.2 Å². The van der Waals surface area contributed by atoms with Crippen molar-refractivity contribution < 1.29 is 19.0 Å². The molecule has 3 rings (SSSR count). The summed E-state index contributed by atoms with van der Waals surface area (Å²) in [7, 11) is 3.15. The molecule has 0 bridgehead atoms. The Bertz CT molecular complexity index is 897. The summed E-state index contributed by atoms with van der Waals surface area (Å²) in [5.74, 6) is 1.62. The normalized spacial score (nSPS) is 11.8. The lowest BCUT2D eigenvalue weighted by atomic mass is 10.2. The summed E-state index contributed by atoms with van der Waals surface area (Å²) in [5, 5.41) is 3.30. The van der Waals surface area contributed by atoms with Crippen LogP contribution < -0.4 is 19.5 Å². The van der Waals surface area contributed by atoms with Gasteiger partial charge in [-0.3, -0.25) is 10.1 Å². The van der Waals surface area contributed by atoms with E-state index in [1.54, 1.807) is 27.2 Å². The molecule has 0 aliphatic carbocycles. The fourth-order valence-corrected chi connectivity index (χ4v) is 3.34. The van der Waals surface area contributed by atoms with Crippen LogP contribution >= 0.6 is 11.3 Å². The number of anilines is 1. The van der Waals surface area contributed by atoms with E-state index in [0.29, 0.717) is 22.4 Å². The van der Waals surface area contributed by atoms with Crippen LogP contribution in [0.15, 0.2) is 36.4 Å². The number of hydrogen-bond donors (Lipinski definition) is 1. The van der Waals surface area contributed by atoms with E-state index >= 15 is 0 Å². The summed E-state index contributed by atoms with van der Waals surface area (Å²) >= 11 is 1.37. The zero-order valence-electron chi connectivity index (χ0n) is 15.0. The highest BCUT2D eigenvalue weighted by Crippen LogP contribution is 2.36. The SMILES string of the molecule is COc1cc2nc(NC(=O)C(C)Oc3cccc(C)c3)sc2cc1OC. The lowest BCUT2D eigenvalue weighted by Crippen LogP contribution is -2.30. The minimum atomic E-state index is -0.645. The highest BCUT2D eigenvalue weighted by molar-refractivity contribution is 7.22. The van der Waals surface area contributed by atoms with Crippen LogP contribution in [0.3, 0.4) is 0 Å². The molecule has 136 valence electrons. The van der Waals surface area contributed by atoms with Gasteiger partial charge in [-0.2, -0.15) is 0 Å². The van der Waals surface area contributed by atoms with Crippen molar-refractivity contribution in [3.05, 3.63) is 42.0 Å². The second kappa shape index (κ2) is 7.61. The number of ether oxygens (including phenoxy) is 3. The van der Waals surface area contributed by atoms with E-state index in [1.165, 1.54) is 11.3 Å². The molecule has 6 nitrogen and oxygen atoms in total.